The van der Waals surface area contributed by atoms with Crippen LogP contribution in [-0.2, 0) is 21.4 Å². The summed E-state index contributed by atoms with van der Waals surface area (Å²) in [6.45, 7) is 6.21. The second kappa shape index (κ2) is 9.54. The van der Waals surface area contributed by atoms with Crippen LogP contribution in [0.3, 0.4) is 0 Å². The third-order valence-corrected chi connectivity index (χ3v) is 5.29. The molecular weight excluding hydrogens is 398 g/mol. The van der Waals surface area contributed by atoms with Gasteiger partial charge in [0, 0.05) is 10.9 Å². The predicted octanol–water partition coefficient (Wildman–Crippen LogP) is 3.88. The molecule has 2 amide bonds. The Bertz CT molecular complexity index is 993. The van der Waals surface area contributed by atoms with Gasteiger partial charge in [0.1, 0.15) is 10.8 Å². The fraction of sp³-hybridized carbons (Fsp3) is 0.261. The maximum absolute atomic E-state index is 12.1. The van der Waals surface area contributed by atoms with Crippen LogP contribution in [0.15, 0.2) is 60.0 Å². The van der Waals surface area contributed by atoms with Crippen LogP contribution in [0.2, 0.25) is 0 Å². The van der Waals surface area contributed by atoms with Gasteiger partial charge in [0.2, 0.25) is 5.91 Å². The Morgan fingerprint density at radius 3 is 2.30 bits per heavy atom. The van der Waals surface area contributed by atoms with E-state index in [1.807, 2.05) is 60.0 Å². The number of carbonyl (C=O) groups is 2. The highest BCUT2D eigenvalue weighted by molar-refractivity contribution is 7.13. The van der Waals surface area contributed by atoms with Crippen LogP contribution in [0.4, 0.5) is 0 Å². The number of amides is 2. The number of hydrazine groups is 1. The smallest absolute Gasteiger partial charge is 0.276 e. The fourth-order valence-electron chi connectivity index (χ4n) is 2.69. The average Bonchev–Trinajstić information content (AvgIpc) is 3.19. The zero-order chi connectivity index (χ0) is 21.6. The zero-order valence-electron chi connectivity index (χ0n) is 17.3. The summed E-state index contributed by atoms with van der Waals surface area (Å²) >= 11 is 1.48. The van der Waals surface area contributed by atoms with Gasteiger partial charge in [-0.1, -0.05) is 63.2 Å². The molecule has 0 spiro atoms. The van der Waals surface area contributed by atoms with E-state index in [1.54, 1.807) is 0 Å². The Balaban J connectivity index is 1.41. The third-order valence-electron chi connectivity index (χ3n) is 4.35. The van der Waals surface area contributed by atoms with E-state index in [9.17, 15) is 9.59 Å². The minimum atomic E-state index is -0.438. The molecule has 0 bridgehead atoms. The lowest BCUT2D eigenvalue weighted by Gasteiger charge is -2.19. The number of nitrogens with zero attached hydrogens (tertiary/aromatic N) is 1. The molecule has 6 nitrogen and oxygen atoms in total. The van der Waals surface area contributed by atoms with Crippen LogP contribution in [0, 0.1) is 0 Å². The largest absolute Gasteiger partial charge is 0.484 e. The standard InChI is InChI=1S/C23H25N3O3S/c1-23(2,3)17-9-11-19(12-10-17)29-14-21(28)26-25-20(27)13-18-15-30-22(24-18)16-7-5-4-6-8-16/h4-12,15H,13-14H2,1-3H3,(H,25,27)(H,26,28). The Kier molecular flexibility index (Phi) is 6.84. The monoisotopic (exact) mass is 423 g/mol. The number of benzene rings is 2. The van der Waals surface area contributed by atoms with Crippen molar-refractivity contribution in [2.75, 3.05) is 6.61 Å². The lowest BCUT2D eigenvalue weighted by molar-refractivity contribution is -0.129. The molecule has 0 radical (unpaired) electrons. The van der Waals surface area contributed by atoms with Crippen molar-refractivity contribution >= 4 is 23.2 Å². The van der Waals surface area contributed by atoms with Crippen LogP contribution in [0.25, 0.3) is 10.6 Å². The van der Waals surface area contributed by atoms with Crippen molar-refractivity contribution in [1.29, 1.82) is 0 Å². The number of hydrogen-bond acceptors (Lipinski definition) is 5. The molecule has 3 rings (SSSR count). The van der Waals surface area contributed by atoms with Crippen molar-refractivity contribution in [3.05, 3.63) is 71.2 Å². The number of aromatic nitrogens is 1. The molecule has 0 saturated carbocycles. The Morgan fingerprint density at radius 1 is 0.967 bits per heavy atom. The number of ether oxygens (including phenoxy) is 1. The van der Waals surface area contributed by atoms with Crippen LogP contribution >= 0.6 is 11.3 Å². The normalized spacial score (nSPS) is 11.0. The first-order chi connectivity index (χ1) is 14.3. The van der Waals surface area contributed by atoms with E-state index in [1.165, 1.54) is 16.9 Å². The van der Waals surface area contributed by atoms with Gasteiger partial charge in [-0.15, -0.1) is 11.3 Å². The molecule has 2 aromatic carbocycles. The van der Waals surface area contributed by atoms with Crippen molar-refractivity contribution in [1.82, 2.24) is 15.8 Å². The lowest BCUT2D eigenvalue weighted by atomic mass is 9.87. The van der Waals surface area contributed by atoms with Gasteiger partial charge in [-0.25, -0.2) is 4.98 Å². The van der Waals surface area contributed by atoms with Crippen molar-refractivity contribution < 1.29 is 14.3 Å². The van der Waals surface area contributed by atoms with Gasteiger partial charge >= 0.3 is 0 Å². The molecule has 0 aliphatic rings. The SMILES string of the molecule is CC(C)(C)c1ccc(OCC(=O)NNC(=O)Cc2csc(-c3ccccc3)n2)cc1. The quantitative estimate of drug-likeness (QED) is 0.590. The summed E-state index contributed by atoms with van der Waals surface area (Å²) in [7, 11) is 0. The zero-order valence-corrected chi connectivity index (χ0v) is 18.1. The molecule has 7 heteroatoms. The second-order valence-corrected chi connectivity index (χ2v) is 8.70. The number of nitrogens with one attached hydrogen (secondary N) is 2. The van der Waals surface area contributed by atoms with Crippen molar-refractivity contribution in [2.45, 2.75) is 32.6 Å². The summed E-state index contributed by atoms with van der Waals surface area (Å²) in [4.78, 5) is 28.5. The molecule has 0 unspecified atom stereocenters. The summed E-state index contributed by atoms with van der Waals surface area (Å²) in [5.74, 6) is -0.185. The molecule has 1 aromatic heterocycles. The molecule has 0 atom stereocenters. The maximum Gasteiger partial charge on any atom is 0.276 e. The van der Waals surface area contributed by atoms with Gasteiger partial charge in [-0.05, 0) is 23.1 Å². The van der Waals surface area contributed by atoms with Crippen LogP contribution < -0.4 is 15.6 Å². The summed E-state index contributed by atoms with van der Waals surface area (Å²) in [5.41, 5.74) is 7.65. The van der Waals surface area contributed by atoms with Gasteiger partial charge in [-0.3, -0.25) is 20.4 Å². The summed E-state index contributed by atoms with van der Waals surface area (Å²) < 4.78 is 5.46. The molecule has 1 heterocycles. The molecule has 30 heavy (non-hydrogen) atoms. The number of hydrogen-bond donors (Lipinski definition) is 2. The first-order valence-electron chi connectivity index (χ1n) is 9.62. The molecule has 156 valence electrons. The van der Waals surface area contributed by atoms with E-state index in [-0.39, 0.29) is 24.3 Å². The van der Waals surface area contributed by atoms with E-state index in [0.29, 0.717) is 11.4 Å². The Labute approximate surface area is 180 Å². The first kappa shape index (κ1) is 21.5. The Morgan fingerprint density at radius 2 is 1.63 bits per heavy atom. The van der Waals surface area contributed by atoms with Gasteiger partial charge in [0.05, 0.1) is 12.1 Å². The summed E-state index contributed by atoms with van der Waals surface area (Å²) in [6, 6.07) is 17.4. The van der Waals surface area contributed by atoms with Crippen molar-refractivity contribution in [3.63, 3.8) is 0 Å². The van der Waals surface area contributed by atoms with Gasteiger partial charge < -0.3 is 4.74 Å². The minimum Gasteiger partial charge on any atom is -0.484 e. The first-order valence-corrected chi connectivity index (χ1v) is 10.5. The highest BCUT2D eigenvalue weighted by atomic mass is 32.1. The fourth-order valence-corrected chi connectivity index (χ4v) is 3.51. The van der Waals surface area contributed by atoms with Crippen molar-refractivity contribution in [3.8, 4) is 16.3 Å². The average molecular weight is 424 g/mol. The van der Waals surface area contributed by atoms with E-state index in [2.05, 4.69) is 36.6 Å². The van der Waals surface area contributed by atoms with Gasteiger partial charge in [0.15, 0.2) is 6.61 Å². The van der Waals surface area contributed by atoms with Crippen LogP contribution in [0.5, 0.6) is 5.75 Å². The summed E-state index contributed by atoms with van der Waals surface area (Å²) in [6.07, 6.45) is 0.0821. The highest BCUT2D eigenvalue weighted by Crippen LogP contribution is 2.24. The molecular formula is C23H25N3O3S. The molecule has 2 N–H and O–H groups in total. The van der Waals surface area contributed by atoms with Crippen molar-refractivity contribution in [2.24, 2.45) is 0 Å². The summed E-state index contributed by atoms with van der Waals surface area (Å²) in [5, 5.41) is 2.70. The lowest BCUT2D eigenvalue weighted by Crippen LogP contribution is -2.44. The predicted molar refractivity (Wildman–Crippen MR) is 118 cm³/mol. The van der Waals surface area contributed by atoms with E-state index in [4.69, 9.17) is 4.74 Å². The van der Waals surface area contributed by atoms with E-state index < -0.39 is 5.91 Å². The van der Waals surface area contributed by atoms with Gasteiger partial charge in [0.25, 0.3) is 5.91 Å². The number of carbonyl (C=O) groups excluding carboxylic acids is 2. The molecule has 0 saturated heterocycles. The molecule has 0 aliphatic heterocycles. The maximum atomic E-state index is 12.1. The Hall–Kier alpha value is -3.19. The van der Waals surface area contributed by atoms with Crippen LogP contribution in [0.1, 0.15) is 32.0 Å². The molecule has 0 aliphatic carbocycles. The van der Waals surface area contributed by atoms with Gasteiger partial charge in [-0.2, -0.15) is 0 Å². The minimum absolute atomic E-state index is 0.0549. The topological polar surface area (TPSA) is 80.3 Å². The van der Waals surface area contributed by atoms with E-state index in [0.717, 1.165) is 10.6 Å². The van der Waals surface area contributed by atoms with Crippen LogP contribution in [-0.4, -0.2) is 23.4 Å². The molecule has 0 fully saturated rings. The van der Waals surface area contributed by atoms with E-state index >= 15 is 0 Å². The number of rotatable bonds is 6. The second-order valence-electron chi connectivity index (χ2n) is 7.85. The third kappa shape index (κ3) is 6.15. The molecule has 3 aromatic rings. The highest BCUT2D eigenvalue weighted by Gasteiger charge is 2.13. The number of thiazole rings is 1.